The number of hydrogen-bond acceptors (Lipinski definition) is 3. The number of halogens is 2. The van der Waals surface area contributed by atoms with Crippen molar-refractivity contribution in [2.75, 3.05) is 27.2 Å². The topological polar surface area (TPSA) is 49.6 Å². The van der Waals surface area contributed by atoms with Gasteiger partial charge in [0, 0.05) is 25.2 Å². The second-order valence-corrected chi connectivity index (χ2v) is 4.94. The summed E-state index contributed by atoms with van der Waals surface area (Å²) in [5.74, 6) is -0.458. The van der Waals surface area contributed by atoms with Gasteiger partial charge in [-0.05, 0) is 27.1 Å². The summed E-state index contributed by atoms with van der Waals surface area (Å²) in [4.78, 5) is 15.6. The molecule has 0 aliphatic rings. The second kappa shape index (κ2) is 8.89. The molecule has 1 atom stereocenters. The van der Waals surface area contributed by atoms with Gasteiger partial charge < -0.3 is 15.5 Å². The Bertz CT molecular complexity index is 427. The van der Waals surface area contributed by atoms with E-state index >= 15 is 0 Å². The van der Waals surface area contributed by atoms with Crippen molar-refractivity contribution in [3.63, 3.8) is 0 Å². The molecular weight excluding hydrogens is 281 g/mol. The molecule has 1 aromatic rings. The van der Waals surface area contributed by atoms with E-state index in [0.29, 0.717) is 18.7 Å². The van der Waals surface area contributed by atoms with Crippen molar-refractivity contribution in [3.05, 3.63) is 35.6 Å². The van der Waals surface area contributed by atoms with Crippen LogP contribution in [0.3, 0.4) is 0 Å². The van der Waals surface area contributed by atoms with Crippen LogP contribution in [0.5, 0.6) is 0 Å². The summed E-state index contributed by atoms with van der Waals surface area (Å²) in [7, 11) is 3.86. The molecule has 1 amide bonds. The van der Waals surface area contributed by atoms with E-state index in [-0.39, 0.29) is 30.7 Å². The number of nitrogens with two attached hydrogens (primary N) is 1. The molecule has 0 aliphatic carbocycles. The Balaban J connectivity index is 0.00000361. The van der Waals surface area contributed by atoms with Gasteiger partial charge in [-0.3, -0.25) is 4.79 Å². The lowest BCUT2D eigenvalue weighted by molar-refractivity contribution is -0.133. The molecule has 0 heterocycles. The number of likely N-dealkylation sites (N-methyl/N-ethyl adjacent to an activating group) is 1. The first-order valence-corrected chi connectivity index (χ1v) is 6.34. The third-order valence-corrected chi connectivity index (χ3v) is 2.84. The van der Waals surface area contributed by atoms with E-state index in [1.165, 1.54) is 6.07 Å². The van der Waals surface area contributed by atoms with E-state index in [1.807, 2.05) is 19.0 Å². The van der Waals surface area contributed by atoms with Gasteiger partial charge in [-0.1, -0.05) is 18.2 Å². The van der Waals surface area contributed by atoms with E-state index in [1.54, 1.807) is 30.0 Å². The van der Waals surface area contributed by atoms with Gasteiger partial charge in [0.15, 0.2) is 0 Å². The van der Waals surface area contributed by atoms with Gasteiger partial charge >= 0.3 is 0 Å². The van der Waals surface area contributed by atoms with Crippen molar-refractivity contribution in [2.45, 2.75) is 19.5 Å². The molecule has 0 bridgehead atoms. The average Bonchev–Trinajstić information content (AvgIpc) is 2.35. The van der Waals surface area contributed by atoms with Crippen LogP contribution < -0.4 is 5.73 Å². The zero-order valence-corrected chi connectivity index (χ0v) is 13.0. The summed E-state index contributed by atoms with van der Waals surface area (Å²) in [6.07, 6.45) is 0. The van der Waals surface area contributed by atoms with Crippen LogP contribution in [0.25, 0.3) is 0 Å². The van der Waals surface area contributed by atoms with Crippen molar-refractivity contribution in [1.82, 2.24) is 9.80 Å². The number of carbonyl (C=O) groups excluding carboxylic acids is 1. The Hall–Kier alpha value is -1.17. The van der Waals surface area contributed by atoms with Gasteiger partial charge in [-0.15, -0.1) is 12.4 Å². The Morgan fingerprint density at radius 3 is 2.40 bits per heavy atom. The third kappa shape index (κ3) is 5.86. The largest absolute Gasteiger partial charge is 0.336 e. The monoisotopic (exact) mass is 303 g/mol. The molecule has 0 saturated heterocycles. The first-order valence-electron chi connectivity index (χ1n) is 6.34. The van der Waals surface area contributed by atoms with Crippen LogP contribution in [0.4, 0.5) is 4.39 Å². The molecule has 2 N–H and O–H groups in total. The molecule has 1 rings (SSSR count). The Morgan fingerprint density at radius 2 is 1.90 bits per heavy atom. The van der Waals surface area contributed by atoms with Gasteiger partial charge in [0.25, 0.3) is 0 Å². The molecule has 0 saturated carbocycles. The highest BCUT2D eigenvalue weighted by Crippen LogP contribution is 2.10. The molecule has 0 spiro atoms. The van der Waals surface area contributed by atoms with Crippen LogP contribution in [0.15, 0.2) is 24.3 Å². The van der Waals surface area contributed by atoms with Crippen LogP contribution in [0.1, 0.15) is 12.5 Å². The van der Waals surface area contributed by atoms with Crippen LogP contribution in [0.2, 0.25) is 0 Å². The normalized spacial score (nSPS) is 11.9. The molecule has 0 radical (unpaired) electrons. The lowest BCUT2D eigenvalue weighted by Crippen LogP contribution is -2.44. The number of amides is 1. The number of carbonyl (C=O) groups is 1. The first kappa shape index (κ1) is 18.8. The highest BCUT2D eigenvalue weighted by Gasteiger charge is 2.18. The molecule has 0 unspecified atom stereocenters. The minimum Gasteiger partial charge on any atom is -0.336 e. The molecule has 20 heavy (non-hydrogen) atoms. The molecule has 114 valence electrons. The predicted octanol–water partition coefficient (Wildman–Crippen LogP) is 1.48. The minimum absolute atomic E-state index is 0. The smallest absolute Gasteiger partial charge is 0.239 e. The highest BCUT2D eigenvalue weighted by atomic mass is 35.5. The van der Waals surface area contributed by atoms with E-state index in [9.17, 15) is 9.18 Å². The Kier molecular flexibility index (Phi) is 8.37. The van der Waals surface area contributed by atoms with Crippen molar-refractivity contribution >= 4 is 18.3 Å². The molecule has 4 nitrogen and oxygen atoms in total. The van der Waals surface area contributed by atoms with E-state index in [4.69, 9.17) is 5.73 Å². The Morgan fingerprint density at radius 1 is 1.30 bits per heavy atom. The summed E-state index contributed by atoms with van der Waals surface area (Å²) >= 11 is 0. The van der Waals surface area contributed by atoms with Crippen molar-refractivity contribution < 1.29 is 9.18 Å². The maximum atomic E-state index is 13.6. The second-order valence-electron chi connectivity index (χ2n) is 4.94. The summed E-state index contributed by atoms with van der Waals surface area (Å²) in [5.41, 5.74) is 6.15. The van der Waals surface area contributed by atoms with Gasteiger partial charge in [-0.25, -0.2) is 4.39 Å². The van der Waals surface area contributed by atoms with Crippen molar-refractivity contribution in [1.29, 1.82) is 0 Å². The molecule has 1 aromatic carbocycles. The fourth-order valence-electron chi connectivity index (χ4n) is 1.71. The quantitative estimate of drug-likeness (QED) is 0.866. The molecule has 0 aromatic heterocycles. The predicted molar refractivity (Wildman–Crippen MR) is 81.3 cm³/mol. The fourth-order valence-corrected chi connectivity index (χ4v) is 1.71. The Labute approximate surface area is 126 Å². The highest BCUT2D eigenvalue weighted by molar-refractivity contribution is 5.85. The maximum Gasteiger partial charge on any atom is 0.239 e. The molecule has 6 heteroatoms. The SMILES string of the molecule is C[C@@H](N)C(=O)N(CCN(C)C)Cc1ccccc1F.Cl. The minimum atomic E-state index is -0.575. The summed E-state index contributed by atoms with van der Waals surface area (Å²) in [6, 6.07) is 5.91. The maximum absolute atomic E-state index is 13.6. The van der Waals surface area contributed by atoms with Gasteiger partial charge in [0.05, 0.1) is 6.04 Å². The van der Waals surface area contributed by atoms with Gasteiger partial charge in [0.2, 0.25) is 5.91 Å². The van der Waals surface area contributed by atoms with Crippen molar-refractivity contribution in [2.24, 2.45) is 5.73 Å². The van der Waals surface area contributed by atoms with Crippen LogP contribution in [-0.4, -0.2) is 48.9 Å². The van der Waals surface area contributed by atoms with E-state index in [2.05, 4.69) is 0 Å². The van der Waals surface area contributed by atoms with Crippen LogP contribution in [0, 0.1) is 5.82 Å². The van der Waals surface area contributed by atoms with Gasteiger partial charge in [-0.2, -0.15) is 0 Å². The fraction of sp³-hybridized carbons (Fsp3) is 0.500. The summed E-state index contributed by atoms with van der Waals surface area (Å²) < 4.78 is 13.6. The average molecular weight is 304 g/mol. The van der Waals surface area contributed by atoms with Crippen LogP contribution >= 0.6 is 12.4 Å². The van der Waals surface area contributed by atoms with E-state index in [0.717, 1.165) is 0 Å². The zero-order chi connectivity index (χ0) is 14.4. The van der Waals surface area contributed by atoms with Crippen molar-refractivity contribution in [3.8, 4) is 0 Å². The molecule has 0 aliphatic heterocycles. The van der Waals surface area contributed by atoms with Crippen LogP contribution in [-0.2, 0) is 11.3 Å². The number of nitrogens with zero attached hydrogens (tertiary/aromatic N) is 2. The lowest BCUT2D eigenvalue weighted by atomic mass is 10.2. The number of benzene rings is 1. The summed E-state index contributed by atoms with van der Waals surface area (Å²) in [5, 5.41) is 0. The molecule has 0 fully saturated rings. The van der Waals surface area contributed by atoms with Gasteiger partial charge in [0.1, 0.15) is 5.82 Å². The summed E-state index contributed by atoms with van der Waals surface area (Å²) in [6.45, 7) is 3.14. The lowest BCUT2D eigenvalue weighted by Gasteiger charge is -2.26. The first-order chi connectivity index (χ1) is 8.91. The number of rotatable bonds is 6. The zero-order valence-electron chi connectivity index (χ0n) is 12.2. The standard InChI is InChI=1S/C14H22FN3O.ClH/c1-11(16)14(19)18(9-8-17(2)3)10-12-6-4-5-7-13(12)15;/h4-7,11H,8-10,16H2,1-3H3;1H/t11-;/m1./s1. The number of hydrogen-bond donors (Lipinski definition) is 1. The van der Waals surface area contributed by atoms with E-state index < -0.39 is 6.04 Å². The molecular formula is C14H23ClFN3O. The third-order valence-electron chi connectivity index (χ3n) is 2.84.